The topological polar surface area (TPSA) is 111 Å². The fourth-order valence-electron chi connectivity index (χ4n) is 4.02. The minimum atomic E-state index is -3.51. The standard InChI is InChI=1S/C23H30N4O4S/c1-4-26-20-13-17(31-15(2)3)6-9-19(20)22(24)23(26)16-5-10-21(25-14-16)27(11-12-28)32(29,30)18-7-8-18/h5-6,9-10,13-15,18,28H,4,7-8,11-12,24H2,1-3H3. The lowest BCUT2D eigenvalue weighted by atomic mass is 10.1. The third-order valence-corrected chi connectivity index (χ3v) is 7.89. The smallest absolute Gasteiger partial charge is 0.239 e. The molecule has 0 radical (unpaired) electrons. The third-order valence-electron chi connectivity index (χ3n) is 5.60. The van der Waals surface area contributed by atoms with E-state index in [1.54, 1.807) is 12.3 Å². The minimum absolute atomic E-state index is 0.0127. The van der Waals surface area contributed by atoms with Crippen LogP contribution in [0.25, 0.3) is 22.2 Å². The van der Waals surface area contributed by atoms with E-state index in [1.807, 2.05) is 45.0 Å². The summed E-state index contributed by atoms with van der Waals surface area (Å²) in [5, 5.41) is 9.95. The first-order chi connectivity index (χ1) is 15.3. The summed E-state index contributed by atoms with van der Waals surface area (Å²) in [5.41, 5.74) is 9.78. The summed E-state index contributed by atoms with van der Waals surface area (Å²) >= 11 is 0. The first kappa shape index (κ1) is 22.4. The summed E-state index contributed by atoms with van der Waals surface area (Å²) < 4.78 is 34.7. The highest BCUT2D eigenvalue weighted by molar-refractivity contribution is 7.93. The molecule has 4 rings (SSSR count). The number of sulfonamides is 1. The van der Waals surface area contributed by atoms with Crippen molar-refractivity contribution in [2.24, 2.45) is 0 Å². The summed E-state index contributed by atoms with van der Waals surface area (Å²) in [6.45, 7) is 6.43. The van der Waals surface area contributed by atoms with Gasteiger partial charge < -0.3 is 20.1 Å². The zero-order chi connectivity index (χ0) is 23.0. The number of aliphatic hydroxyl groups is 1. The van der Waals surface area contributed by atoms with Gasteiger partial charge in [0, 0.05) is 29.8 Å². The number of nitrogens with zero attached hydrogens (tertiary/aromatic N) is 3. The Morgan fingerprint density at radius 2 is 2.03 bits per heavy atom. The van der Waals surface area contributed by atoms with Crippen LogP contribution in [0.1, 0.15) is 33.6 Å². The maximum atomic E-state index is 12.8. The highest BCUT2D eigenvalue weighted by Gasteiger charge is 2.40. The van der Waals surface area contributed by atoms with Gasteiger partial charge in [0.2, 0.25) is 10.0 Å². The van der Waals surface area contributed by atoms with Gasteiger partial charge in [-0.15, -0.1) is 0 Å². The highest BCUT2D eigenvalue weighted by Crippen LogP contribution is 2.38. The number of nitrogens with two attached hydrogens (primary N) is 1. The van der Waals surface area contributed by atoms with Crippen LogP contribution in [-0.2, 0) is 16.6 Å². The second-order valence-electron chi connectivity index (χ2n) is 8.30. The van der Waals surface area contributed by atoms with Crippen molar-refractivity contribution in [3.63, 3.8) is 0 Å². The molecule has 1 aliphatic carbocycles. The quantitative estimate of drug-likeness (QED) is 0.509. The normalized spacial score (nSPS) is 14.3. The Kier molecular flexibility index (Phi) is 6.05. The van der Waals surface area contributed by atoms with E-state index in [2.05, 4.69) is 9.55 Å². The maximum absolute atomic E-state index is 12.8. The highest BCUT2D eigenvalue weighted by atomic mass is 32.2. The largest absolute Gasteiger partial charge is 0.491 e. The van der Waals surface area contributed by atoms with Gasteiger partial charge in [-0.25, -0.2) is 13.4 Å². The van der Waals surface area contributed by atoms with Crippen LogP contribution >= 0.6 is 0 Å². The molecular weight excluding hydrogens is 428 g/mol. The number of ether oxygens (including phenoxy) is 1. The minimum Gasteiger partial charge on any atom is -0.491 e. The molecule has 1 aromatic carbocycles. The van der Waals surface area contributed by atoms with Crippen LogP contribution < -0.4 is 14.8 Å². The number of aryl methyl sites for hydroxylation is 1. The summed E-state index contributed by atoms with van der Waals surface area (Å²) in [6, 6.07) is 9.38. The van der Waals surface area contributed by atoms with Crippen molar-refractivity contribution in [1.82, 2.24) is 9.55 Å². The summed E-state index contributed by atoms with van der Waals surface area (Å²) in [6.07, 6.45) is 3.01. The summed E-state index contributed by atoms with van der Waals surface area (Å²) in [5.74, 6) is 1.09. The van der Waals surface area contributed by atoms with Gasteiger partial charge in [-0.05, 0) is 57.9 Å². The molecule has 2 aromatic heterocycles. The van der Waals surface area contributed by atoms with E-state index in [0.717, 1.165) is 27.9 Å². The molecule has 32 heavy (non-hydrogen) atoms. The molecule has 172 valence electrons. The van der Waals surface area contributed by atoms with Crippen molar-refractivity contribution in [2.45, 2.75) is 51.5 Å². The number of hydrogen-bond donors (Lipinski definition) is 2. The molecule has 3 aromatic rings. The molecule has 0 atom stereocenters. The van der Waals surface area contributed by atoms with Crippen LogP contribution in [0.2, 0.25) is 0 Å². The van der Waals surface area contributed by atoms with E-state index in [1.165, 1.54) is 4.31 Å². The first-order valence-electron chi connectivity index (χ1n) is 10.9. The SMILES string of the molecule is CCn1c(-c2ccc(N(CCO)S(=O)(=O)C3CC3)nc2)c(N)c2ccc(OC(C)C)cc21. The van der Waals surface area contributed by atoms with Crippen molar-refractivity contribution in [1.29, 1.82) is 0 Å². The Bertz CT molecular complexity index is 1220. The molecule has 3 N–H and O–H groups in total. The van der Waals surface area contributed by atoms with Gasteiger partial charge in [0.05, 0.1) is 41.4 Å². The Balaban J connectivity index is 1.75. The average molecular weight is 459 g/mol. The zero-order valence-corrected chi connectivity index (χ0v) is 19.5. The fraction of sp³-hybridized carbons (Fsp3) is 0.435. The van der Waals surface area contributed by atoms with E-state index in [0.29, 0.717) is 30.9 Å². The second-order valence-corrected chi connectivity index (χ2v) is 10.4. The molecule has 0 bridgehead atoms. The number of aliphatic hydroxyl groups excluding tert-OH is 1. The predicted molar refractivity (Wildman–Crippen MR) is 127 cm³/mol. The number of aromatic nitrogens is 2. The molecule has 0 saturated heterocycles. The predicted octanol–water partition coefficient (Wildman–Crippen LogP) is 3.38. The molecule has 1 saturated carbocycles. The summed E-state index contributed by atoms with van der Waals surface area (Å²) in [7, 11) is -3.51. The van der Waals surface area contributed by atoms with E-state index in [4.69, 9.17) is 10.5 Å². The van der Waals surface area contributed by atoms with Gasteiger partial charge in [0.15, 0.2) is 0 Å². The van der Waals surface area contributed by atoms with E-state index in [-0.39, 0.29) is 24.5 Å². The third kappa shape index (κ3) is 4.02. The van der Waals surface area contributed by atoms with Crippen LogP contribution in [0, 0.1) is 0 Å². The number of pyridine rings is 1. The molecule has 2 heterocycles. The molecular formula is C23H30N4O4S. The second kappa shape index (κ2) is 8.63. The van der Waals surface area contributed by atoms with Crippen LogP contribution in [0.5, 0.6) is 5.75 Å². The fourth-order valence-corrected chi connectivity index (χ4v) is 5.82. The maximum Gasteiger partial charge on any atom is 0.239 e. The molecule has 0 unspecified atom stereocenters. The average Bonchev–Trinajstić information content (AvgIpc) is 3.58. The van der Waals surface area contributed by atoms with Gasteiger partial charge >= 0.3 is 0 Å². The first-order valence-corrected chi connectivity index (χ1v) is 12.5. The number of fused-ring (bicyclic) bond motifs is 1. The van der Waals surface area contributed by atoms with Gasteiger partial charge in [-0.2, -0.15) is 0 Å². The van der Waals surface area contributed by atoms with Crippen molar-refractivity contribution in [3.8, 4) is 17.0 Å². The van der Waals surface area contributed by atoms with Crippen molar-refractivity contribution in [2.75, 3.05) is 23.2 Å². The van der Waals surface area contributed by atoms with Gasteiger partial charge in [0.1, 0.15) is 11.6 Å². The van der Waals surface area contributed by atoms with Gasteiger partial charge in [-0.3, -0.25) is 4.31 Å². The molecule has 0 amide bonds. The lowest BCUT2D eigenvalue weighted by molar-refractivity contribution is 0.242. The summed E-state index contributed by atoms with van der Waals surface area (Å²) in [4.78, 5) is 4.44. The molecule has 9 heteroatoms. The molecule has 0 aliphatic heterocycles. The number of hydrogen-bond acceptors (Lipinski definition) is 6. The number of anilines is 2. The Morgan fingerprint density at radius 1 is 1.28 bits per heavy atom. The lowest BCUT2D eigenvalue weighted by Crippen LogP contribution is -2.36. The number of benzene rings is 1. The Morgan fingerprint density at radius 3 is 2.59 bits per heavy atom. The number of nitrogen functional groups attached to an aromatic ring is 1. The zero-order valence-electron chi connectivity index (χ0n) is 18.7. The van der Waals surface area contributed by atoms with Crippen LogP contribution in [0.3, 0.4) is 0 Å². The van der Waals surface area contributed by atoms with E-state index < -0.39 is 10.0 Å². The lowest BCUT2D eigenvalue weighted by Gasteiger charge is -2.22. The van der Waals surface area contributed by atoms with Crippen molar-refractivity contribution < 1.29 is 18.3 Å². The van der Waals surface area contributed by atoms with E-state index >= 15 is 0 Å². The van der Waals surface area contributed by atoms with Crippen LogP contribution in [-0.4, -0.2) is 47.6 Å². The van der Waals surface area contributed by atoms with Crippen molar-refractivity contribution >= 4 is 32.4 Å². The van der Waals surface area contributed by atoms with Gasteiger partial charge in [-0.1, -0.05) is 0 Å². The molecule has 1 aliphatic rings. The Hall–Kier alpha value is -2.78. The van der Waals surface area contributed by atoms with Crippen molar-refractivity contribution in [3.05, 3.63) is 36.5 Å². The van der Waals surface area contributed by atoms with Crippen LogP contribution in [0.15, 0.2) is 36.5 Å². The monoisotopic (exact) mass is 458 g/mol. The molecule has 0 spiro atoms. The molecule has 1 fully saturated rings. The molecule has 8 nitrogen and oxygen atoms in total. The van der Waals surface area contributed by atoms with Crippen LogP contribution in [0.4, 0.5) is 11.5 Å². The van der Waals surface area contributed by atoms with E-state index in [9.17, 15) is 13.5 Å². The Labute approximate surface area is 188 Å². The van der Waals surface area contributed by atoms with Gasteiger partial charge in [0.25, 0.3) is 0 Å². The number of rotatable bonds is 9.